The number of carbonyl (C=O) groups is 1. The van der Waals surface area contributed by atoms with Crippen LogP contribution in [0.3, 0.4) is 0 Å². The average molecular weight is 203 g/mol. The van der Waals surface area contributed by atoms with Gasteiger partial charge in [-0.25, -0.2) is 0 Å². The van der Waals surface area contributed by atoms with Crippen LogP contribution in [0, 0.1) is 0 Å². The molecule has 0 aromatic heterocycles. The van der Waals surface area contributed by atoms with Crippen molar-refractivity contribution < 1.29 is 9.90 Å². The normalized spacial score (nSPS) is 13.1. The van der Waals surface area contributed by atoms with Crippen molar-refractivity contribution in [3.63, 3.8) is 0 Å². The van der Waals surface area contributed by atoms with Crippen LogP contribution in [-0.4, -0.2) is 48.2 Å². The lowest BCUT2D eigenvalue weighted by Crippen LogP contribution is -2.45. The number of nitrogens with zero attached hydrogens (tertiary/aromatic N) is 1. The Balaban J connectivity index is 4.29. The molecule has 0 radical (unpaired) electrons. The summed E-state index contributed by atoms with van der Waals surface area (Å²) in [5.41, 5.74) is 10.8. The molecule has 0 bridgehead atoms. The van der Waals surface area contributed by atoms with Crippen LogP contribution in [0.4, 0.5) is 0 Å². The first-order valence-electron chi connectivity index (χ1n) is 5.04. The van der Waals surface area contributed by atoms with Crippen molar-refractivity contribution in [3.8, 4) is 0 Å². The molecule has 0 saturated carbocycles. The Morgan fingerprint density at radius 2 is 1.86 bits per heavy atom. The summed E-state index contributed by atoms with van der Waals surface area (Å²) >= 11 is 0. The van der Waals surface area contributed by atoms with Crippen molar-refractivity contribution in [1.29, 1.82) is 0 Å². The fourth-order valence-corrected chi connectivity index (χ4v) is 1.49. The number of nitrogens with two attached hydrogens (primary N) is 2. The van der Waals surface area contributed by atoms with Gasteiger partial charge in [0, 0.05) is 26.2 Å². The van der Waals surface area contributed by atoms with Gasteiger partial charge < -0.3 is 16.6 Å². The molecule has 0 rings (SSSR count). The molecular formula is C9H21N3O2. The monoisotopic (exact) mass is 203 g/mol. The van der Waals surface area contributed by atoms with E-state index in [1.54, 1.807) is 0 Å². The van der Waals surface area contributed by atoms with E-state index in [0.717, 1.165) is 6.42 Å². The number of aliphatic carboxylic acids is 1. The molecule has 0 aliphatic heterocycles. The van der Waals surface area contributed by atoms with E-state index in [1.165, 1.54) is 0 Å². The van der Waals surface area contributed by atoms with Crippen LogP contribution in [0.1, 0.15) is 19.8 Å². The smallest absolute Gasteiger partial charge is 0.320 e. The Hall–Kier alpha value is -0.650. The Bertz CT molecular complexity index is 158. The van der Waals surface area contributed by atoms with Gasteiger partial charge in [-0.3, -0.25) is 9.69 Å². The maximum absolute atomic E-state index is 11.0. The maximum Gasteiger partial charge on any atom is 0.320 e. The van der Waals surface area contributed by atoms with Gasteiger partial charge in [0.05, 0.1) is 0 Å². The highest BCUT2D eigenvalue weighted by Gasteiger charge is 2.23. The average Bonchev–Trinajstić information content (AvgIpc) is 2.13. The molecule has 0 saturated heterocycles. The first kappa shape index (κ1) is 13.4. The summed E-state index contributed by atoms with van der Waals surface area (Å²) in [5, 5.41) is 9.00. The van der Waals surface area contributed by atoms with Gasteiger partial charge in [0.2, 0.25) is 0 Å². The minimum Gasteiger partial charge on any atom is -0.480 e. The second-order valence-corrected chi connectivity index (χ2v) is 3.26. The number of hydrogen-bond acceptors (Lipinski definition) is 4. The second kappa shape index (κ2) is 7.73. The third-order valence-corrected chi connectivity index (χ3v) is 2.12. The van der Waals surface area contributed by atoms with Gasteiger partial charge in [-0.15, -0.1) is 0 Å². The number of carboxylic acid groups (broad SMARTS) is 1. The highest BCUT2D eigenvalue weighted by Crippen LogP contribution is 2.06. The van der Waals surface area contributed by atoms with E-state index in [1.807, 2.05) is 11.8 Å². The van der Waals surface area contributed by atoms with E-state index in [2.05, 4.69) is 0 Å². The number of hydrogen-bond donors (Lipinski definition) is 3. The Kier molecular flexibility index (Phi) is 7.37. The molecule has 0 heterocycles. The summed E-state index contributed by atoms with van der Waals surface area (Å²) < 4.78 is 0. The van der Waals surface area contributed by atoms with E-state index < -0.39 is 12.0 Å². The van der Waals surface area contributed by atoms with E-state index in [-0.39, 0.29) is 0 Å². The molecule has 84 valence electrons. The molecule has 5 nitrogen and oxygen atoms in total. The van der Waals surface area contributed by atoms with Crippen LogP contribution in [0.2, 0.25) is 0 Å². The molecule has 0 amide bonds. The standard InChI is InChI=1S/C9H21N3O2/c1-2-3-8(9(13)14)12(6-4-10)7-5-11/h8H,2-7,10-11H2,1H3,(H,13,14). The van der Waals surface area contributed by atoms with Gasteiger partial charge in [-0.2, -0.15) is 0 Å². The maximum atomic E-state index is 11.0. The predicted octanol–water partition coefficient (Wildman–Crippen LogP) is -0.541. The highest BCUT2D eigenvalue weighted by atomic mass is 16.4. The van der Waals surface area contributed by atoms with Crippen LogP contribution in [-0.2, 0) is 4.79 Å². The lowest BCUT2D eigenvalue weighted by atomic mass is 10.1. The summed E-state index contributed by atoms with van der Waals surface area (Å²) in [5.74, 6) is -0.784. The van der Waals surface area contributed by atoms with Crippen LogP contribution >= 0.6 is 0 Å². The van der Waals surface area contributed by atoms with Crippen molar-refractivity contribution in [1.82, 2.24) is 4.90 Å². The van der Waals surface area contributed by atoms with Crippen LogP contribution in [0.25, 0.3) is 0 Å². The molecule has 0 fully saturated rings. The lowest BCUT2D eigenvalue weighted by Gasteiger charge is -2.27. The van der Waals surface area contributed by atoms with E-state index in [9.17, 15) is 4.79 Å². The largest absolute Gasteiger partial charge is 0.480 e. The highest BCUT2D eigenvalue weighted by molar-refractivity contribution is 5.73. The van der Waals surface area contributed by atoms with Gasteiger partial charge in [0.15, 0.2) is 0 Å². The molecule has 0 aromatic rings. The minimum atomic E-state index is -0.784. The summed E-state index contributed by atoms with van der Waals surface area (Å²) in [7, 11) is 0. The minimum absolute atomic E-state index is 0.438. The second-order valence-electron chi connectivity index (χ2n) is 3.26. The molecule has 0 aromatic carbocycles. The van der Waals surface area contributed by atoms with Gasteiger partial charge in [-0.05, 0) is 6.42 Å². The molecule has 0 spiro atoms. The van der Waals surface area contributed by atoms with E-state index in [4.69, 9.17) is 16.6 Å². The zero-order valence-electron chi connectivity index (χ0n) is 8.78. The molecule has 5 N–H and O–H groups in total. The van der Waals surface area contributed by atoms with Crippen LogP contribution < -0.4 is 11.5 Å². The Morgan fingerprint density at radius 3 is 2.14 bits per heavy atom. The summed E-state index contributed by atoms with van der Waals surface area (Å²) in [6.07, 6.45) is 1.50. The summed E-state index contributed by atoms with van der Waals surface area (Å²) in [6.45, 7) is 4.09. The third kappa shape index (κ3) is 4.55. The van der Waals surface area contributed by atoms with Crippen molar-refractivity contribution >= 4 is 5.97 Å². The van der Waals surface area contributed by atoms with Crippen LogP contribution in [0.15, 0.2) is 0 Å². The predicted molar refractivity (Wildman–Crippen MR) is 56.0 cm³/mol. The molecule has 14 heavy (non-hydrogen) atoms. The number of rotatable bonds is 8. The molecule has 0 aliphatic rings. The van der Waals surface area contributed by atoms with Gasteiger partial charge in [0.1, 0.15) is 6.04 Å². The lowest BCUT2D eigenvalue weighted by molar-refractivity contribution is -0.143. The van der Waals surface area contributed by atoms with Crippen molar-refractivity contribution in [2.45, 2.75) is 25.8 Å². The molecule has 5 heteroatoms. The first-order chi connectivity index (χ1) is 6.67. The SMILES string of the molecule is CCCC(C(=O)O)N(CCN)CCN. The van der Waals surface area contributed by atoms with E-state index >= 15 is 0 Å². The molecule has 1 atom stereocenters. The van der Waals surface area contributed by atoms with Gasteiger partial charge in [-0.1, -0.05) is 13.3 Å². The zero-order chi connectivity index (χ0) is 11.0. The topological polar surface area (TPSA) is 92.6 Å². The Labute approximate surface area is 85.1 Å². The third-order valence-electron chi connectivity index (χ3n) is 2.12. The molecular weight excluding hydrogens is 182 g/mol. The first-order valence-corrected chi connectivity index (χ1v) is 5.04. The zero-order valence-corrected chi connectivity index (χ0v) is 8.78. The number of carboxylic acids is 1. The summed E-state index contributed by atoms with van der Waals surface area (Å²) in [6, 6.07) is -0.438. The fourth-order valence-electron chi connectivity index (χ4n) is 1.49. The van der Waals surface area contributed by atoms with Crippen molar-refractivity contribution in [3.05, 3.63) is 0 Å². The Morgan fingerprint density at radius 1 is 1.36 bits per heavy atom. The van der Waals surface area contributed by atoms with Crippen molar-refractivity contribution in [2.24, 2.45) is 11.5 Å². The van der Waals surface area contributed by atoms with Crippen molar-refractivity contribution in [2.75, 3.05) is 26.2 Å². The van der Waals surface area contributed by atoms with E-state index in [0.29, 0.717) is 32.6 Å². The van der Waals surface area contributed by atoms with Crippen LogP contribution in [0.5, 0.6) is 0 Å². The quantitative estimate of drug-likeness (QED) is 0.492. The van der Waals surface area contributed by atoms with Gasteiger partial charge in [0.25, 0.3) is 0 Å². The fraction of sp³-hybridized carbons (Fsp3) is 0.889. The molecule has 1 unspecified atom stereocenters. The summed E-state index contributed by atoms with van der Waals surface area (Å²) in [4.78, 5) is 12.8. The van der Waals surface area contributed by atoms with Gasteiger partial charge >= 0.3 is 5.97 Å². The molecule has 0 aliphatic carbocycles.